The third-order valence-electron chi connectivity index (χ3n) is 5.83. The van der Waals surface area contributed by atoms with E-state index in [2.05, 4.69) is 20.3 Å². The minimum absolute atomic E-state index is 0.0234. The van der Waals surface area contributed by atoms with Gasteiger partial charge in [-0.2, -0.15) is 54.3 Å². The number of hydrogen-bond acceptors (Lipinski definition) is 5. The van der Waals surface area contributed by atoms with E-state index >= 15 is 0 Å². The molecule has 42 heavy (non-hydrogen) atoms. The number of alkyl halides is 9. The first-order valence-electron chi connectivity index (χ1n) is 11.2. The van der Waals surface area contributed by atoms with Gasteiger partial charge in [-0.3, -0.25) is 4.79 Å². The highest BCUT2D eigenvalue weighted by atomic mass is 35.5. The Kier molecular flexibility index (Phi) is 7.47. The lowest BCUT2D eigenvalue weighted by atomic mass is 10.1. The van der Waals surface area contributed by atoms with E-state index in [-0.39, 0.29) is 21.7 Å². The number of nitrogens with zero attached hydrogens (tertiary/aromatic N) is 5. The summed E-state index contributed by atoms with van der Waals surface area (Å²) in [5.41, 5.74) is -3.00. The molecule has 4 rings (SSSR count). The fourth-order valence-corrected chi connectivity index (χ4v) is 3.87. The number of allylic oxidation sites excluding steroid dienone is 2. The molecule has 2 aromatic heterocycles. The van der Waals surface area contributed by atoms with Gasteiger partial charge in [0, 0.05) is 18.8 Å². The molecule has 0 saturated heterocycles. The molecule has 1 aliphatic rings. The van der Waals surface area contributed by atoms with Crippen LogP contribution < -0.4 is 10.1 Å². The van der Waals surface area contributed by atoms with Crippen LogP contribution in [0.4, 0.5) is 43.9 Å². The molecule has 8 nitrogen and oxygen atoms in total. The number of nitriles is 1. The number of carbonyl (C=O) groups is 1. The third kappa shape index (κ3) is 6.00. The molecule has 0 atom stereocenters. The molecule has 1 amide bonds. The first-order chi connectivity index (χ1) is 19.3. The number of hydrogen-bond donors (Lipinski definition) is 1. The summed E-state index contributed by atoms with van der Waals surface area (Å²) in [6, 6.07) is 5.85. The van der Waals surface area contributed by atoms with E-state index < -0.39 is 58.8 Å². The second kappa shape index (κ2) is 10.2. The van der Waals surface area contributed by atoms with Gasteiger partial charge >= 0.3 is 18.5 Å². The van der Waals surface area contributed by atoms with E-state index in [1.807, 2.05) is 6.07 Å². The fraction of sp³-hybridized carbons (Fsp3) is 0.304. The van der Waals surface area contributed by atoms with Crippen molar-refractivity contribution in [3.05, 3.63) is 58.3 Å². The van der Waals surface area contributed by atoms with Gasteiger partial charge in [-0.1, -0.05) is 17.7 Å². The third-order valence-corrected chi connectivity index (χ3v) is 6.16. The van der Waals surface area contributed by atoms with Crippen molar-refractivity contribution in [2.45, 2.75) is 36.9 Å². The van der Waals surface area contributed by atoms with Gasteiger partial charge in [0.25, 0.3) is 23.4 Å². The number of rotatable bonds is 6. The molecular formula is C23H13ClF10N6O2. The summed E-state index contributed by atoms with van der Waals surface area (Å²) in [5, 5.41) is 18.5. The molecule has 19 heteroatoms. The minimum atomic E-state index is -6.24. The first kappa shape index (κ1) is 30.7. The van der Waals surface area contributed by atoms with Crippen LogP contribution in [0.25, 0.3) is 16.9 Å². The van der Waals surface area contributed by atoms with Gasteiger partial charge < -0.3 is 10.1 Å². The lowest BCUT2D eigenvalue weighted by Gasteiger charge is -2.16. The SMILES string of the molecule is Cn1nc(O/C(=C(/F)C(F)(F)F)C(F)(F)F)c(C(F)(F)F)c1-n1cc(-c2ccc(Cl)c(C(=O)NC3(C#N)CC3)c2)cn1. The summed E-state index contributed by atoms with van der Waals surface area (Å²) >= 11 is 6.09. The van der Waals surface area contributed by atoms with Crippen LogP contribution in [0.3, 0.4) is 0 Å². The maximum Gasteiger partial charge on any atom is 0.452 e. The van der Waals surface area contributed by atoms with Gasteiger partial charge in [-0.15, -0.1) is 5.10 Å². The van der Waals surface area contributed by atoms with Crippen LogP contribution in [0.2, 0.25) is 5.02 Å². The molecule has 1 N–H and O–H groups in total. The van der Waals surface area contributed by atoms with E-state index in [0.29, 0.717) is 22.2 Å². The van der Waals surface area contributed by atoms with E-state index in [4.69, 9.17) is 11.6 Å². The highest BCUT2D eigenvalue weighted by molar-refractivity contribution is 6.34. The summed E-state index contributed by atoms with van der Waals surface area (Å²) in [6.07, 6.45) is -15.2. The Morgan fingerprint density at radius 2 is 1.74 bits per heavy atom. The summed E-state index contributed by atoms with van der Waals surface area (Å²) < 4.78 is 138. The maximum absolute atomic E-state index is 14.0. The Labute approximate surface area is 232 Å². The second-order valence-electron chi connectivity index (χ2n) is 8.88. The van der Waals surface area contributed by atoms with Crippen molar-refractivity contribution >= 4 is 17.5 Å². The molecule has 0 unspecified atom stereocenters. The van der Waals surface area contributed by atoms with Crippen LogP contribution in [-0.2, 0) is 13.2 Å². The van der Waals surface area contributed by atoms with E-state index in [9.17, 15) is 54.0 Å². The zero-order chi connectivity index (χ0) is 31.4. The summed E-state index contributed by atoms with van der Waals surface area (Å²) in [4.78, 5) is 12.7. The van der Waals surface area contributed by atoms with Crippen LogP contribution in [-0.4, -0.2) is 43.4 Å². The quantitative estimate of drug-likeness (QED) is 0.251. The van der Waals surface area contributed by atoms with Crippen molar-refractivity contribution in [3.8, 4) is 28.9 Å². The van der Waals surface area contributed by atoms with Crippen molar-refractivity contribution in [2.75, 3.05) is 0 Å². The zero-order valence-corrected chi connectivity index (χ0v) is 21.3. The predicted molar refractivity (Wildman–Crippen MR) is 122 cm³/mol. The highest BCUT2D eigenvalue weighted by Crippen LogP contribution is 2.44. The topological polar surface area (TPSA) is 97.8 Å². The molecular weight excluding hydrogens is 618 g/mol. The Bertz CT molecular complexity index is 1620. The predicted octanol–water partition coefficient (Wildman–Crippen LogP) is 6.42. The number of halogens is 11. The molecule has 1 saturated carbocycles. The lowest BCUT2D eigenvalue weighted by Crippen LogP contribution is -2.35. The summed E-state index contributed by atoms with van der Waals surface area (Å²) in [6.45, 7) is 0. The maximum atomic E-state index is 14.0. The molecule has 1 fully saturated rings. The Balaban J connectivity index is 1.76. The van der Waals surface area contributed by atoms with Crippen LogP contribution in [0.5, 0.6) is 5.88 Å². The van der Waals surface area contributed by atoms with Gasteiger partial charge in [-0.25, -0.2) is 9.36 Å². The van der Waals surface area contributed by atoms with Crippen molar-refractivity contribution in [3.63, 3.8) is 0 Å². The van der Waals surface area contributed by atoms with Gasteiger partial charge in [0.2, 0.25) is 0 Å². The average molecular weight is 631 g/mol. The van der Waals surface area contributed by atoms with Gasteiger partial charge in [-0.05, 0) is 30.5 Å². The molecule has 0 radical (unpaired) electrons. The van der Waals surface area contributed by atoms with E-state index in [0.717, 1.165) is 19.4 Å². The number of nitrogens with one attached hydrogen (secondary N) is 1. The largest absolute Gasteiger partial charge is 0.452 e. The van der Waals surface area contributed by atoms with Crippen LogP contribution in [0, 0.1) is 11.3 Å². The molecule has 1 aliphatic carbocycles. The standard InChI is InChI=1S/C23H13ClF10N6O2/c1-39-19(14(21(26,27)28)18(38-39)42-16(23(32,33)34)15(25)22(29,30)31)40-8-11(7-36-40)10-2-3-13(24)12(6-10)17(41)37-20(9-35)4-5-20/h2-3,6-8H,4-5H2,1H3,(H,37,41)/b16-15+. The van der Waals surface area contributed by atoms with Crippen molar-refractivity contribution in [2.24, 2.45) is 7.05 Å². The summed E-state index contributed by atoms with van der Waals surface area (Å²) in [5.74, 6) is -11.0. The lowest BCUT2D eigenvalue weighted by molar-refractivity contribution is -0.149. The number of benzene rings is 1. The average Bonchev–Trinajstić information content (AvgIpc) is 3.31. The molecule has 0 spiro atoms. The van der Waals surface area contributed by atoms with Gasteiger partial charge in [0.15, 0.2) is 11.4 Å². The Hall–Kier alpha value is -4.27. The van der Waals surface area contributed by atoms with Crippen molar-refractivity contribution in [1.29, 1.82) is 5.26 Å². The van der Waals surface area contributed by atoms with E-state index in [1.54, 1.807) is 0 Å². The van der Waals surface area contributed by atoms with Crippen molar-refractivity contribution < 1.29 is 53.4 Å². The monoisotopic (exact) mass is 630 g/mol. The highest BCUT2D eigenvalue weighted by Gasteiger charge is 2.51. The smallest absolute Gasteiger partial charge is 0.429 e. The normalized spacial score (nSPS) is 15.6. The number of amides is 1. The number of ether oxygens (including phenoxy) is 1. The molecule has 3 aromatic rings. The molecule has 2 heterocycles. The molecule has 0 bridgehead atoms. The molecule has 1 aromatic carbocycles. The van der Waals surface area contributed by atoms with E-state index in [1.165, 1.54) is 18.2 Å². The summed E-state index contributed by atoms with van der Waals surface area (Å²) in [7, 11) is 0.795. The number of aromatic nitrogens is 4. The fourth-order valence-electron chi connectivity index (χ4n) is 3.67. The number of aryl methyl sites for hydroxylation is 1. The van der Waals surface area contributed by atoms with Crippen molar-refractivity contribution in [1.82, 2.24) is 24.9 Å². The first-order valence-corrected chi connectivity index (χ1v) is 11.6. The number of carbonyl (C=O) groups excluding carboxylic acids is 1. The zero-order valence-electron chi connectivity index (χ0n) is 20.5. The van der Waals surface area contributed by atoms with Crippen LogP contribution >= 0.6 is 11.6 Å². The Morgan fingerprint density at radius 3 is 2.26 bits per heavy atom. The molecule has 224 valence electrons. The molecule has 0 aliphatic heterocycles. The second-order valence-corrected chi connectivity index (χ2v) is 9.29. The van der Waals surface area contributed by atoms with Crippen LogP contribution in [0.15, 0.2) is 42.2 Å². The van der Waals surface area contributed by atoms with Gasteiger partial charge in [0.05, 0.1) is 22.9 Å². The Morgan fingerprint density at radius 1 is 1.10 bits per heavy atom. The van der Waals surface area contributed by atoms with Crippen LogP contribution in [0.1, 0.15) is 28.8 Å². The van der Waals surface area contributed by atoms with Gasteiger partial charge in [0.1, 0.15) is 5.54 Å². The minimum Gasteiger partial charge on any atom is -0.429 e.